The Labute approximate surface area is 84.3 Å². The Morgan fingerprint density at radius 3 is 3.29 bits per heavy atom. The first-order valence-corrected chi connectivity index (χ1v) is 5.15. The maximum Gasteiger partial charge on any atom is 0.122 e. The second kappa shape index (κ2) is 4.57. The van der Waals surface area contributed by atoms with Crippen LogP contribution < -0.4 is 5.32 Å². The van der Waals surface area contributed by atoms with Crippen LogP contribution in [0.15, 0.2) is 12.4 Å². The van der Waals surface area contributed by atoms with Crippen LogP contribution in [0.4, 0.5) is 0 Å². The molecule has 14 heavy (non-hydrogen) atoms. The molecule has 78 valence electrons. The third-order valence-corrected chi connectivity index (χ3v) is 2.60. The Morgan fingerprint density at radius 1 is 1.71 bits per heavy atom. The molecule has 4 heteroatoms. The van der Waals surface area contributed by atoms with Crippen molar-refractivity contribution < 1.29 is 4.74 Å². The van der Waals surface area contributed by atoms with Gasteiger partial charge in [0, 0.05) is 32.6 Å². The Hall–Kier alpha value is -0.870. The molecule has 1 aliphatic rings. The van der Waals surface area contributed by atoms with Crippen molar-refractivity contribution in [3.63, 3.8) is 0 Å². The van der Waals surface area contributed by atoms with Crippen LogP contribution in [-0.4, -0.2) is 28.8 Å². The standard InChI is InChI=1S/C10H17N3O/c1-13-5-4-12-10(13)8-11-7-9-3-2-6-14-9/h4-5,9,11H,2-3,6-8H2,1H3. The minimum absolute atomic E-state index is 0.412. The monoisotopic (exact) mass is 195 g/mol. The van der Waals surface area contributed by atoms with E-state index in [-0.39, 0.29) is 0 Å². The maximum absolute atomic E-state index is 5.51. The van der Waals surface area contributed by atoms with E-state index in [4.69, 9.17) is 4.74 Å². The summed E-state index contributed by atoms with van der Waals surface area (Å²) in [6.45, 7) is 2.69. The predicted molar refractivity (Wildman–Crippen MR) is 53.9 cm³/mol. The highest BCUT2D eigenvalue weighted by Crippen LogP contribution is 2.10. The summed E-state index contributed by atoms with van der Waals surface area (Å²) in [7, 11) is 2.01. The summed E-state index contributed by atoms with van der Waals surface area (Å²) in [5.74, 6) is 1.07. The van der Waals surface area contributed by atoms with Crippen molar-refractivity contribution in [2.75, 3.05) is 13.2 Å². The lowest BCUT2D eigenvalue weighted by Crippen LogP contribution is -2.26. The van der Waals surface area contributed by atoms with Crippen LogP contribution in [0.5, 0.6) is 0 Å². The number of ether oxygens (including phenoxy) is 1. The lowest BCUT2D eigenvalue weighted by molar-refractivity contribution is 0.109. The fourth-order valence-electron chi connectivity index (χ4n) is 1.72. The number of nitrogens with zero attached hydrogens (tertiary/aromatic N) is 2. The largest absolute Gasteiger partial charge is 0.377 e. The van der Waals surface area contributed by atoms with Crippen LogP contribution in [0.3, 0.4) is 0 Å². The second-order valence-electron chi connectivity index (χ2n) is 3.72. The van der Waals surface area contributed by atoms with Gasteiger partial charge in [0.1, 0.15) is 5.82 Å². The molecular weight excluding hydrogens is 178 g/mol. The molecule has 1 aromatic heterocycles. The first-order valence-electron chi connectivity index (χ1n) is 5.15. The zero-order valence-corrected chi connectivity index (χ0v) is 8.57. The highest BCUT2D eigenvalue weighted by Gasteiger charge is 2.14. The fraction of sp³-hybridized carbons (Fsp3) is 0.700. The average molecular weight is 195 g/mol. The normalized spacial score (nSPS) is 21.6. The second-order valence-corrected chi connectivity index (χ2v) is 3.72. The minimum atomic E-state index is 0.412. The van der Waals surface area contributed by atoms with Gasteiger partial charge in [0.15, 0.2) is 0 Å². The van der Waals surface area contributed by atoms with Gasteiger partial charge in [-0.15, -0.1) is 0 Å². The molecule has 0 amide bonds. The van der Waals surface area contributed by atoms with Gasteiger partial charge in [0.05, 0.1) is 12.6 Å². The van der Waals surface area contributed by atoms with Gasteiger partial charge < -0.3 is 14.6 Å². The van der Waals surface area contributed by atoms with Crippen LogP contribution >= 0.6 is 0 Å². The number of nitrogens with one attached hydrogen (secondary N) is 1. The molecule has 0 radical (unpaired) electrons. The van der Waals surface area contributed by atoms with E-state index in [1.165, 1.54) is 12.8 Å². The van der Waals surface area contributed by atoms with E-state index in [1.54, 1.807) is 0 Å². The molecule has 0 saturated carbocycles. The van der Waals surface area contributed by atoms with Crippen LogP contribution in [0, 0.1) is 0 Å². The molecule has 1 aromatic rings. The van der Waals surface area contributed by atoms with E-state index in [2.05, 4.69) is 10.3 Å². The number of aromatic nitrogens is 2. The van der Waals surface area contributed by atoms with E-state index in [1.807, 2.05) is 24.0 Å². The third-order valence-electron chi connectivity index (χ3n) is 2.60. The number of aryl methyl sites for hydroxylation is 1. The minimum Gasteiger partial charge on any atom is -0.377 e. The first kappa shape index (κ1) is 9.68. The molecule has 0 aromatic carbocycles. The highest BCUT2D eigenvalue weighted by molar-refractivity contribution is 4.90. The van der Waals surface area contributed by atoms with Gasteiger partial charge >= 0.3 is 0 Å². The lowest BCUT2D eigenvalue weighted by atomic mass is 10.2. The molecule has 2 heterocycles. The fourth-order valence-corrected chi connectivity index (χ4v) is 1.72. The van der Waals surface area contributed by atoms with Crippen LogP contribution in [0.1, 0.15) is 18.7 Å². The van der Waals surface area contributed by atoms with Gasteiger partial charge in [-0.3, -0.25) is 0 Å². The maximum atomic E-state index is 5.51. The molecule has 0 aliphatic carbocycles. The number of imidazole rings is 1. The van der Waals surface area contributed by atoms with Gasteiger partial charge in [-0.25, -0.2) is 4.98 Å². The molecule has 1 aliphatic heterocycles. The van der Waals surface area contributed by atoms with Gasteiger partial charge in [0.2, 0.25) is 0 Å². The molecule has 1 fully saturated rings. The van der Waals surface area contributed by atoms with Crippen molar-refractivity contribution in [2.24, 2.45) is 7.05 Å². The molecule has 1 unspecified atom stereocenters. The Kier molecular flexibility index (Phi) is 3.16. The smallest absolute Gasteiger partial charge is 0.122 e. The zero-order chi connectivity index (χ0) is 9.80. The average Bonchev–Trinajstić information content (AvgIpc) is 2.78. The van der Waals surface area contributed by atoms with Gasteiger partial charge in [-0.1, -0.05) is 0 Å². The number of rotatable bonds is 4. The Bertz CT molecular complexity index is 279. The van der Waals surface area contributed by atoms with Gasteiger partial charge in [0.25, 0.3) is 0 Å². The van der Waals surface area contributed by atoms with Crippen molar-refractivity contribution in [1.29, 1.82) is 0 Å². The highest BCUT2D eigenvalue weighted by atomic mass is 16.5. The number of hydrogen-bond acceptors (Lipinski definition) is 3. The van der Waals surface area contributed by atoms with Gasteiger partial charge in [-0.05, 0) is 12.8 Å². The van der Waals surface area contributed by atoms with E-state index < -0.39 is 0 Å². The summed E-state index contributed by atoms with van der Waals surface area (Å²) in [5.41, 5.74) is 0. The van der Waals surface area contributed by atoms with Crippen LogP contribution in [0.25, 0.3) is 0 Å². The van der Waals surface area contributed by atoms with E-state index in [0.29, 0.717) is 6.10 Å². The summed E-state index contributed by atoms with van der Waals surface area (Å²) in [6.07, 6.45) is 6.59. The predicted octanol–water partition coefficient (Wildman–Crippen LogP) is 0.689. The molecule has 1 N–H and O–H groups in total. The molecule has 2 rings (SSSR count). The molecule has 1 atom stereocenters. The molecule has 4 nitrogen and oxygen atoms in total. The zero-order valence-electron chi connectivity index (χ0n) is 8.57. The van der Waals surface area contributed by atoms with Crippen molar-refractivity contribution in [2.45, 2.75) is 25.5 Å². The van der Waals surface area contributed by atoms with Crippen molar-refractivity contribution in [3.05, 3.63) is 18.2 Å². The van der Waals surface area contributed by atoms with Crippen molar-refractivity contribution in [3.8, 4) is 0 Å². The summed E-state index contributed by atoms with van der Waals surface area (Å²) < 4.78 is 7.54. The SMILES string of the molecule is Cn1ccnc1CNCC1CCCO1. The lowest BCUT2D eigenvalue weighted by Gasteiger charge is -2.10. The summed E-state index contributed by atoms with van der Waals surface area (Å²) in [6, 6.07) is 0. The molecule has 0 bridgehead atoms. The van der Waals surface area contributed by atoms with Gasteiger partial charge in [-0.2, -0.15) is 0 Å². The Balaban J connectivity index is 1.70. The van der Waals surface area contributed by atoms with Crippen molar-refractivity contribution in [1.82, 2.24) is 14.9 Å². The molecule has 0 spiro atoms. The Morgan fingerprint density at radius 2 is 2.64 bits per heavy atom. The van der Waals surface area contributed by atoms with E-state index in [9.17, 15) is 0 Å². The quantitative estimate of drug-likeness (QED) is 0.768. The van der Waals surface area contributed by atoms with E-state index >= 15 is 0 Å². The molecular formula is C10H17N3O. The van der Waals surface area contributed by atoms with Crippen molar-refractivity contribution >= 4 is 0 Å². The first-order chi connectivity index (χ1) is 6.86. The molecule has 1 saturated heterocycles. The summed E-state index contributed by atoms with van der Waals surface area (Å²) in [4.78, 5) is 4.24. The number of hydrogen-bond donors (Lipinski definition) is 1. The van der Waals surface area contributed by atoms with E-state index in [0.717, 1.165) is 25.5 Å². The topological polar surface area (TPSA) is 39.1 Å². The van der Waals surface area contributed by atoms with Crippen LogP contribution in [0.2, 0.25) is 0 Å². The third kappa shape index (κ3) is 2.33. The summed E-state index contributed by atoms with van der Waals surface area (Å²) >= 11 is 0. The summed E-state index contributed by atoms with van der Waals surface area (Å²) in [5, 5.41) is 3.36. The van der Waals surface area contributed by atoms with Crippen LogP contribution in [-0.2, 0) is 18.3 Å².